The van der Waals surface area contributed by atoms with Crippen molar-refractivity contribution in [1.29, 1.82) is 0 Å². The second-order valence-electron chi connectivity index (χ2n) is 6.88. The fraction of sp³-hybridized carbons (Fsp3) is 0.429. The van der Waals surface area contributed by atoms with E-state index in [-0.39, 0.29) is 31.0 Å². The van der Waals surface area contributed by atoms with Crippen LogP contribution in [0.3, 0.4) is 0 Å². The number of carbonyl (C=O) groups is 1. The standard InChI is InChI=1S/C21H26ClN3O2.ClH/c1-16-13-17(22)7-8-20(16)27-15-21(26)25(14-18-5-2-3-11-24-18)19-6-4-10-23-12-9-19;/h2-3,5,7-8,11,13,19,23H,4,6,9-10,12,14-15H2,1H3;1H. The second-order valence-corrected chi connectivity index (χ2v) is 7.31. The number of benzene rings is 1. The Morgan fingerprint density at radius 3 is 2.89 bits per heavy atom. The van der Waals surface area contributed by atoms with Crippen LogP contribution in [0.1, 0.15) is 30.5 Å². The van der Waals surface area contributed by atoms with Gasteiger partial charge in [-0.05, 0) is 75.2 Å². The van der Waals surface area contributed by atoms with Crippen LogP contribution in [-0.2, 0) is 11.3 Å². The van der Waals surface area contributed by atoms with Crippen LogP contribution in [0.5, 0.6) is 5.75 Å². The van der Waals surface area contributed by atoms with Crippen molar-refractivity contribution in [3.63, 3.8) is 0 Å². The summed E-state index contributed by atoms with van der Waals surface area (Å²) < 4.78 is 5.81. The van der Waals surface area contributed by atoms with E-state index >= 15 is 0 Å². The lowest BCUT2D eigenvalue weighted by molar-refractivity contribution is -0.136. The monoisotopic (exact) mass is 423 g/mol. The highest BCUT2D eigenvalue weighted by Crippen LogP contribution is 2.22. The summed E-state index contributed by atoms with van der Waals surface area (Å²) >= 11 is 5.99. The molecule has 2 aromatic rings. The van der Waals surface area contributed by atoms with Crippen LogP contribution in [-0.4, -0.2) is 41.5 Å². The third-order valence-electron chi connectivity index (χ3n) is 4.85. The maximum absolute atomic E-state index is 13.0. The highest BCUT2D eigenvalue weighted by molar-refractivity contribution is 6.30. The summed E-state index contributed by atoms with van der Waals surface area (Å²) in [4.78, 5) is 19.4. The fourth-order valence-corrected chi connectivity index (χ4v) is 3.62. The molecule has 0 saturated carbocycles. The van der Waals surface area contributed by atoms with E-state index in [4.69, 9.17) is 16.3 Å². The lowest BCUT2D eigenvalue weighted by atomic mass is 10.1. The summed E-state index contributed by atoms with van der Waals surface area (Å²) in [6, 6.07) is 11.4. The number of halogens is 2. The Morgan fingerprint density at radius 1 is 1.29 bits per heavy atom. The van der Waals surface area contributed by atoms with Crippen LogP contribution in [0, 0.1) is 6.92 Å². The Bertz CT molecular complexity index is 751. The molecule has 1 aliphatic heterocycles. The molecule has 5 nitrogen and oxygen atoms in total. The van der Waals surface area contributed by atoms with E-state index in [2.05, 4.69) is 10.3 Å². The summed E-state index contributed by atoms with van der Waals surface area (Å²) in [6.07, 6.45) is 4.76. The maximum atomic E-state index is 13.0. The number of pyridine rings is 1. The highest BCUT2D eigenvalue weighted by Gasteiger charge is 2.25. The third kappa shape index (κ3) is 6.36. The molecule has 0 aliphatic carbocycles. The summed E-state index contributed by atoms with van der Waals surface area (Å²) in [5, 5.41) is 4.07. The quantitative estimate of drug-likeness (QED) is 0.761. The van der Waals surface area contributed by atoms with Crippen LogP contribution in [0.25, 0.3) is 0 Å². The van der Waals surface area contributed by atoms with Crippen molar-refractivity contribution < 1.29 is 9.53 Å². The first kappa shape index (κ1) is 22.5. The zero-order valence-electron chi connectivity index (χ0n) is 16.1. The number of nitrogens with one attached hydrogen (secondary N) is 1. The van der Waals surface area contributed by atoms with Crippen LogP contribution >= 0.6 is 24.0 Å². The van der Waals surface area contributed by atoms with Crippen molar-refractivity contribution in [2.24, 2.45) is 0 Å². The molecule has 152 valence electrons. The average Bonchev–Trinajstić information content (AvgIpc) is 2.95. The van der Waals surface area contributed by atoms with Gasteiger partial charge < -0.3 is 15.0 Å². The fourth-order valence-electron chi connectivity index (χ4n) is 3.40. The largest absolute Gasteiger partial charge is 0.483 e. The third-order valence-corrected chi connectivity index (χ3v) is 5.09. The first-order valence-corrected chi connectivity index (χ1v) is 9.80. The van der Waals surface area contributed by atoms with Crippen LogP contribution in [0.4, 0.5) is 0 Å². The second kappa shape index (κ2) is 11.2. The zero-order valence-corrected chi connectivity index (χ0v) is 17.6. The SMILES string of the molecule is Cc1cc(Cl)ccc1OCC(=O)N(Cc1ccccn1)C1CCCNCC1.Cl. The van der Waals surface area contributed by atoms with Crippen molar-refractivity contribution >= 4 is 29.9 Å². The molecule has 1 amide bonds. The molecule has 7 heteroatoms. The van der Waals surface area contributed by atoms with Gasteiger partial charge in [-0.2, -0.15) is 0 Å². The smallest absolute Gasteiger partial charge is 0.261 e. The predicted molar refractivity (Wildman–Crippen MR) is 114 cm³/mol. The van der Waals surface area contributed by atoms with Crippen LogP contribution < -0.4 is 10.1 Å². The normalized spacial score (nSPS) is 16.6. The summed E-state index contributed by atoms with van der Waals surface area (Å²) in [5.41, 5.74) is 1.82. The highest BCUT2D eigenvalue weighted by atomic mass is 35.5. The molecule has 1 N–H and O–H groups in total. The van der Waals surface area contributed by atoms with E-state index in [9.17, 15) is 4.79 Å². The Balaban J connectivity index is 0.00000280. The minimum atomic E-state index is -0.0121. The summed E-state index contributed by atoms with van der Waals surface area (Å²) in [5.74, 6) is 0.676. The van der Waals surface area contributed by atoms with Crippen molar-refractivity contribution in [2.45, 2.75) is 38.8 Å². The molecule has 1 unspecified atom stereocenters. The molecule has 1 atom stereocenters. The van der Waals surface area contributed by atoms with Crippen molar-refractivity contribution in [2.75, 3.05) is 19.7 Å². The molecule has 0 bridgehead atoms. The van der Waals surface area contributed by atoms with E-state index in [1.54, 1.807) is 12.3 Å². The Kier molecular flexibility index (Phi) is 9.03. The number of nitrogens with zero attached hydrogens (tertiary/aromatic N) is 2. The molecule has 28 heavy (non-hydrogen) atoms. The minimum Gasteiger partial charge on any atom is -0.483 e. The molecule has 1 aromatic heterocycles. The molecule has 1 fully saturated rings. The molecule has 0 radical (unpaired) electrons. The van der Waals surface area contributed by atoms with E-state index < -0.39 is 0 Å². The number of carbonyl (C=O) groups excluding carboxylic acids is 1. The van der Waals surface area contributed by atoms with Gasteiger partial charge in [0.15, 0.2) is 6.61 Å². The van der Waals surface area contributed by atoms with E-state index in [0.29, 0.717) is 17.3 Å². The maximum Gasteiger partial charge on any atom is 0.261 e. The Hall–Kier alpha value is -1.82. The lowest BCUT2D eigenvalue weighted by Gasteiger charge is -2.31. The van der Waals surface area contributed by atoms with Gasteiger partial charge in [0.05, 0.1) is 12.2 Å². The number of aromatic nitrogens is 1. The number of aryl methyl sites for hydroxylation is 1. The Morgan fingerprint density at radius 2 is 2.14 bits per heavy atom. The Labute approximate surface area is 177 Å². The molecular formula is C21H27Cl2N3O2. The summed E-state index contributed by atoms with van der Waals surface area (Å²) in [6.45, 7) is 4.37. The molecule has 0 spiro atoms. The molecule has 1 aliphatic rings. The van der Waals surface area contributed by atoms with E-state index in [0.717, 1.165) is 43.6 Å². The van der Waals surface area contributed by atoms with E-state index in [1.807, 2.05) is 42.2 Å². The topological polar surface area (TPSA) is 54.5 Å². The van der Waals surface area contributed by atoms with Crippen LogP contribution in [0.15, 0.2) is 42.6 Å². The molecule has 3 rings (SSSR count). The minimum absolute atomic E-state index is 0. The number of hydrogen-bond acceptors (Lipinski definition) is 4. The molecule has 1 aromatic carbocycles. The molecule has 2 heterocycles. The molecule has 1 saturated heterocycles. The number of amides is 1. The number of rotatable bonds is 6. The average molecular weight is 424 g/mol. The van der Waals surface area contributed by atoms with E-state index in [1.165, 1.54) is 0 Å². The van der Waals surface area contributed by atoms with Crippen LogP contribution in [0.2, 0.25) is 5.02 Å². The lowest BCUT2D eigenvalue weighted by Crippen LogP contribution is -2.43. The van der Waals surface area contributed by atoms with Gasteiger partial charge >= 0.3 is 0 Å². The first-order chi connectivity index (χ1) is 13.1. The van der Waals surface area contributed by atoms with Crippen molar-refractivity contribution in [3.8, 4) is 5.75 Å². The van der Waals surface area contributed by atoms with Gasteiger partial charge in [-0.3, -0.25) is 9.78 Å². The predicted octanol–water partition coefficient (Wildman–Crippen LogP) is 4.01. The van der Waals surface area contributed by atoms with Gasteiger partial charge in [-0.15, -0.1) is 12.4 Å². The molecular weight excluding hydrogens is 397 g/mol. The summed E-state index contributed by atoms with van der Waals surface area (Å²) in [7, 11) is 0. The van der Waals surface area contributed by atoms with Gasteiger partial charge in [-0.1, -0.05) is 17.7 Å². The first-order valence-electron chi connectivity index (χ1n) is 9.42. The van der Waals surface area contributed by atoms with Crippen molar-refractivity contribution in [3.05, 3.63) is 58.9 Å². The zero-order chi connectivity index (χ0) is 19.1. The number of hydrogen-bond donors (Lipinski definition) is 1. The number of ether oxygens (including phenoxy) is 1. The van der Waals surface area contributed by atoms with Gasteiger partial charge in [0, 0.05) is 17.3 Å². The van der Waals surface area contributed by atoms with Gasteiger partial charge in [-0.25, -0.2) is 0 Å². The van der Waals surface area contributed by atoms with Gasteiger partial charge in [0.1, 0.15) is 5.75 Å². The van der Waals surface area contributed by atoms with Gasteiger partial charge in [0.25, 0.3) is 5.91 Å². The van der Waals surface area contributed by atoms with Crippen molar-refractivity contribution in [1.82, 2.24) is 15.2 Å². The van der Waals surface area contributed by atoms with Gasteiger partial charge in [0.2, 0.25) is 0 Å².